The first-order valence-electron chi connectivity index (χ1n) is 10.6. The smallest absolute Gasteiger partial charge is 0.374 e. The predicted octanol–water partition coefficient (Wildman–Crippen LogP) is 2.67. The van der Waals surface area contributed by atoms with E-state index in [1.54, 1.807) is 32.2 Å². The van der Waals surface area contributed by atoms with Crippen molar-refractivity contribution in [1.82, 2.24) is 24.2 Å². The third-order valence-electron chi connectivity index (χ3n) is 6.10. The maximum atomic E-state index is 13.4. The molecule has 1 aromatic carbocycles. The molecule has 0 aliphatic carbocycles. The van der Waals surface area contributed by atoms with Crippen LogP contribution in [0.5, 0.6) is 0 Å². The van der Waals surface area contributed by atoms with Crippen LogP contribution in [-0.2, 0) is 29.0 Å². The van der Waals surface area contributed by atoms with Crippen LogP contribution in [0.1, 0.15) is 41.9 Å². The first kappa shape index (κ1) is 24.9. The van der Waals surface area contributed by atoms with Gasteiger partial charge in [0.1, 0.15) is 5.69 Å². The van der Waals surface area contributed by atoms with E-state index in [4.69, 9.17) is 0 Å². The van der Waals surface area contributed by atoms with Crippen molar-refractivity contribution in [2.45, 2.75) is 43.1 Å². The van der Waals surface area contributed by atoms with Gasteiger partial charge in [-0.2, -0.15) is 18.3 Å². The van der Waals surface area contributed by atoms with Crippen LogP contribution in [0.25, 0.3) is 11.3 Å². The SMILES string of the molecule is C[C@H]1CN(C(=O)c2cc(-c3ccc(S(C)(=O)=O)cc3)nn2C)Cc2cnc(C(C)(O)C(F)(F)F)n21. The predicted molar refractivity (Wildman–Crippen MR) is 119 cm³/mol. The standard InChI is InChI=1S/C22H24F3N5O4S/c1-13-11-29(12-15-10-26-20(30(13)15)21(2,32)22(23,24)25)19(31)18-9-17(27-28(18)3)14-5-7-16(8-6-14)35(4,33)34/h5-10,13,32H,11-12H2,1-4H3/t13-,21?/m0/s1. The van der Waals surface area contributed by atoms with Crippen LogP contribution in [0.2, 0.25) is 0 Å². The number of benzene rings is 1. The summed E-state index contributed by atoms with van der Waals surface area (Å²) in [6.45, 7) is 2.42. The summed E-state index contributed by atoms with van der Waals surface area (Å²) in [6.07, 6.45) is -2.56. The lowest BCUT2D eigenvalue weighted by Crippen LogP contribution is -2.45. The number of aryl methyl sites for hydroxylation is 1. The first-order chi connectivity index (χ1) is 16.1. The van der Waals surface area contributed by atoms with E-state index in [0.717, 1.165) is 6.26 Å². The van der Waals surface area contributed by atoms with E-state index in [1.807, 2.05) is 0 Å². The lowest BCUT2D eigenvalue weighted by atomic mass is 10.0. The molecule has 0 saturated heterocycles. The fourth-order valence-corrected chi connectivity index (χ4v) is 4.78. The third-order valence-corrected chi connectivity index (χ3v) is 7.23. The number of amides is 1. The lowest BCUT2D eigenvalue weighted by molar-refractivity contribution is -0.263. The van der Waals surface area contributed by atoms with Crippen LogP contribution in [0.4, 0.5) is 13.2 Å². The van der Waals surface area contributed by atoms with Gasteiger partial charge in [-0.25, -0.2) is 13.4 Å². The van der Waals surface area contributed by atoms with Crippen molar-refractivity contribution in [3.63, 3.8) is 0 Å². The summed E-state index contributed by atoms with van der Waals surface area (Å²) in [5.41, 5.74) is -1.41. The van der Waals surface area contributed by atoms with Crippen LogP contribution < -0.4 is 0 Å². The molecular weight excluding hydrogens is 487 g/mol. The van der Waals surface area contributed by atoms with E-state index in [-0.39, 0.29) is 29.6 Å². The molecule has 0 spiro atoms. The van der Waals surface area contributed by atoms with E-state index >= 15 is 0 Å². The minimum Gasteiger partial charge on any atom is -0.374 e. The van der Waals surface area contributed by atoms with Gasteiger partial charge in [0.05, 0.1) is 35.1 Å². The average molecular weight is 512 g/mol. The van der Waals surface area contributed by atoms with Gasteiger partial charge in [0.15, 0.2) is 15.7 Å². The summed E-state index contributed by atoms with van der Waals surface area (Å²) in [7, 11) is -1.75. The molecule has 0 bridgehead atoms. The maximum absolute atomic E-state index is 13.4. The van der Waals surface area contributed by atoms with Crippen LogP contribution in [0.15, 0.2) is 41.4 Å². The Labute approximate surface area is 199 Å². The maximum Gasteiger partial charge on any atom is 0.424 e. The second-order valence-electron chi connectivity index (χ2n) is 8.88. The number of hydrogen-bond donors (Lipinski definition) is 1. The normalized spacial score (nSPS) is 18.3. The lowest BCUT2D eigenvalue weighted by Gasteiger charge is -2.36. The number of nitrogens with zero attached hydrogens (tertiary/aromatic N) is 5. The molecule has 1 aliphatic rings. The molecule has 2 atom stereocenters. The number of rotatable bonds is 4. The topological polar surface area (TPSA) is 110 Å². The molecule has 1 aliphatic heterocycles. The highest BCUT2D eigenvalue weighted by Crippen LogP contribution is 2.40. The minimum atomic E-state index is -4.91. The van der Waals surface area contributed by atoms with Gasteiger partial charge in [-0.3, -0.25) is 9.48 Å². The number of sulfone groups is 1. The molecule has 3 heterocycles. The number of imidazole rings is 1. The van der Waals surface area contributed by atoms with E-state index in [0.29, 0.717) is 23.9 Å². The fraction of sp³-hybridized carbons (Fsp3) is 0.409. The highest BCUT2D eigenvalue weighted by atomic mass is 32.2. The zero-order valence-electron chi connectivity index (χ0n) is 19.4. The number of fused-ring (bicyclic) bond motifs is 1. The van der Waals surface area contributed by atoms with Gasteiger partial charge in [0.2, 0.25) is 5.60 Å². The molecule has 0 saturated carbocycles. The number of hydrogen-bond acceptors (Lipinski definition) is 6. The zero-order valence-corrected chi connectivity index (χ0v) is 20.2. The molecule has 9 nitrogen and oxygen atoms in total. The van der Waals surface area contributed by atoms with Crippen molar-refractivity contribution in [2.24, 2.45) is 7.05 Å². The van der Waals surface area contributed by atoms with Crippen molar-refractivity contribution in [2.75, 3.05) is 12.8 Å². The van der Waals surface area contributed by atoms with Gasteiger partial charge in [0.25, 0.3) is 5.91 Å². The molecule has 0 radical (unpaired) electrons. The minimum absolute atomic E-state index is 0.00762. The molecular formula is C22H24F3N5O4S. The number of aromatic nitrogens is 4. The molecule has 35 heavy (non-hydrogen) atoms. The molecule has 3 aromatic rings. The van der Waals surface area contributed by atoms with Gasteiger partial charge in [-0.05, 0) is 32.0 Å². The molecule has 13 heteroatoms. The van der Waals surface area contributed by atoms with Gasteiger partial charge in [0, 0.05) is 25.4 Å². The van der Waals surface area contributed by atoms with Crippen LogP contribution in [0.3, 0.4) is 0 Å². The van der Waals surface area contributed by atoms with Crippen molar-refractivity contribution < 1.29 is 31.5 Å². The molecule has 0 fully saturated rings. The summed E-state index contributed by atoms with van der Waals surface area (Å²) in [5, 5.41) is 14.5. The second kappa shape index (κ2) is 8.19. The van der Waals surface area contributed by atoms with Gasteiger partial charge >= 0.3 is 6.18 Å². The second-order valence-corrected chi connectivity index (χ2v) is 10.9. The summed E-state index contributed by atoms with van der Waals surface area (Å²) in [4.78, 5) is 18.8. The largest absolute Gasteiger partial charge is 0.424 e. The van der Waals surface area contributed by atoms with Crippen molar-refractivity contribution in [3.05, 3.63) is 53.7 Å². The van der Waals surface area contributed by atoms with E-state index in [1.165, 1.54) is 32.5 Å². The Hall–Kier alpha value is -3.19. The van der Waals surface area contributed by atoms with E-state index < -0.39 is 33.5 Å². The number of halogens is 3. The molecule has 4 rings (SSSR count). The Morgan fingerprint density at radius 2 is 1.83 bits per heavy atom. The summed E-state index contributed by atoms with van der Waals surface area (Å²) >= 11 is 0. The quantitative estimate of drug-likeness (QED) is 0.577. The van der Waals surface area contributed by atoms with Crippen LogP contribution >= 0.6 is 0 Å². The number of carbonyl (C=O) groups is 1. The zero-order chi connectivity index (χ0) is 25.9. The Morgan fingerprint density at radius 1 is 1.20 bits per heavy atom. The highest BCUT2D eigenvalue weighted by Gasteiger charge is 2.55. The fourth-order valence-electron chi connectivity index (χ4n) is 4.15. The highest BCUT2D eigenvalue weighted by molar-refractivity contribution is 7.90. The van der Waals surface area contributed by atoms with Crippen LogP contribution in [-0.4, -0.2) is 62.6 Å². The summed E-state index contributed by atoms with van der Waals surface area (Å²) in [6, 6.07) is 7.13. The van der Waals surface area contributed by atoms with Crippen LogP contribution in [0, 0.1) is 0 Å². The Bertz CT molecular complexity index is 1390. The monoisotopic (exact) mass is 511 g/mol. The summed E-state index contributed by atoms with van der Waals surface area (Å²) < 4.78 is 66.2. The van der Waals surface area contributed by atoms with Crippen molar-refractivity contribution >= 4 is 15.7 Å². The van der Waals surface area contributed by atoms with Gasteiger partial charge in [-0.1, -0.05) is 12.1 Å². The number of carbonyl (C=O) groups excluding carboxylic acids is 1. The third kappa shape index (κ3) is 4.33. The molecule has 2 aromatic heterocycles. The Balaban J connectivity index is 1.60. The van der Waals surface area contributed by atoms with Crippen molar-refractivity contribution in [3.8, 4) is 11.3 Å². The van der Waals surface area contributed by atoms with E-state index in [2.05, 4.69) is 10.1 Å². The Morgan fingerprint density at radius 3 is 2.40 bits per heavy atom. The molecule has 1 unspecified atom stereocenters. The molecule has 188 valence electrons. The summed E-state index contributed by atoms with van der Waals surface area (Å²) in [5.74, 6) is -0.887. The van der Waals surface area contributed by atoms with Gasteiger partial charge < -0.3 is 14.6 Å². The average Bonchev–Trinajstić information content (AvgIpc) is 3.36. The molecule has 1 amide bonds. The Kier molecular flexibility index (Phi) is 5.83. The van der Waals surface area contributed by atoms with E-state index in [9.17, 15) is 31.5 Å². The van der Waals surface area contributed by atoms with Gasteiger partial charge in [-0.15, -0.1) is 0 Å². The molecule has 1 N–H and O–H groups in total. The number of alkyl halides is 3. The number of aliphatic hydroxyl groups is 1. The first-order valence-corrected chi connectivity index (χ1v) is 12.5. The van der Waals surface area contributed by atoms with Crippen molar-refractivity contribution in [1.29, 1.82) is 0 Å².